The van der Waals surface area contributed by atoms with Crippen LogP contribution in [0.2, 0.25) is 0 Å². The molecule has 2 heterocycles. The molecule has 1 aromatic carbocycles. The Balaban J connectivity index is 1.26. The first-order valence-corrected chi connectivity index (χ1v) is 14.9. The van der Waals surface area contributed by atoms with Crippen molar-refractivity contribution in [2.24, 2.45) is 11.8 Å². The molecule has 1 aliphatic heterocycles. The average molecular weight is 642 g/mol. The third-order valence-corrected chi connectivity index (χ3v) is 7.93. The second kappa shape index (κ2) is 14.7. The lowest BCUT2D eigenvalue weighted by atomic mass is 9.84. The van der Waals surface area contributed by atoms with Crippen LogP contribution in [0.4, 0.5) is 24.8 Å². The number of anilines is 2. The van der Waals surface area contributed by atoms with Crippen LogP contribution in [0.5, 0.6) is 5.75 Å². The highest BCUT2D eigenvalue weighted by molar-refractivity contribution is 9.10. The Labute approximate surface area is 246 Å². The van der Waals surface area contributed by atoms with Gasteiger partial charge in [0.15, 0.2) is 0 Å². The molecule has 1 saturated heterocycles. The lowest BCUT2D eigenvalue weighted by Crippen LogP contribution is -2.51. The molecule has 2 aromatic rings. The number of nitrogens with one attached hydrogen (secondary N) is 3. The minimum absolute atomic E-state index is 0.100. The summed E-state index contributed by atoms with van der Waals surface area (Å²) in [5.41, 5.74) is 0.598. The molecule has 2 aliphatic rings. The van der Waals surface area contributed by atoms with Crippen molar-refractivity contribution in [1.29, 1.82) is 0 Å². The molecular formula is C28H36BrF3N6O3. The molecule has 1 aromatic heterocycles. The van der Waals surface area contributed by atoms with E-state index < -0.39 is 12.4 Å². The Morgan fingerprint density at radius 3 is 2.29 bits per heavy atom. The van der Waals surface area contributed by atoms with E-state index in [1.54, 1.807) is 12.4 Å². The molecule has 41 heavy (non-hydrogen) atoms. The van der Waals surface area contributed by atoms with E-state index in [4.69, 9.17) is 0 Å². The van der Waals surface area contributed by atoms with Crippen molar-refractivity contribution in [3.63, 3.8) is 0 Å². The molecule has 0 spiro atoms. The number of carbonyl (C=O) groups excluding carboxylic acids is 2. The average Bonchev–Trinajstić information content (AvgIpc) is 2.96. The van der Waals surface area contributed by atoms with Crippen molar-refractivity contribution < 1.29 is 27.5 Å². The molecule has 1 aliphatic carbocycles. The fourth-order valence-corrected chi connectivity index (χ4v) is 5.58. The number of rotatable bonds is 11. The molecule has 2 fully saturated rings. The Kier molecular flexibility index (Phi) is 11.1. The van der Waals surface area contributed by atoms with E-state index in [0.717, 1.165) is 30.2 Å². The molecule has 3 N–H and O–H groups in total. The van der Waals surface area contributed by atoms with Gasteiger partial charge >= 0.3 is 6.36 Å². The Morgan fingerprint density at radius 2 is 1.66 bits per heavy atom. The predicted octanol–water partition coefficient (Wildman–Crippen LogP) is 5.04. The summed E-state index contributed by atoms with van der Waals surface area (Å²) in [6.45, 7) is 1.98. The van der Waals surface area contributed by atoms with Gasteiger partial charge in [-0.1, -0.05) is 32.1 Å². The lowest BCUT2D eigenvalue weighted by molar-refractivity contribution is -0.274. The van der Waals surface area contributed by atoms with Gasteiger partial charge in [0.2, 0.25) is 17.8 Å². The zero-order valence-corrected chi connectivity index (χ0v) is 24.3. The van der Waals surface area contributed by atoms with Crippen LogP contribution >= 0.6 is 15.9 Å². The first-order valence-electron chi connectivity index (χ1n) is 14.1. The third-order valence-electron chi connectivity index (χ3n) is 7.52. The Bertz CT molecular complexity index is 1120. The van der Waals surface area contributed by atoms with Gasteiger partial charge in [0.25, 0.3) is 0 Å². The largest absolute Gasteiger partial charge is 0.573 e. The standard InChI is InChI=1S/C28H36BrF3N6O3/c29-21-17-35-27(36-18-21)38-14-10-20(11-15-38)25(39)37-24(16-19-4-2-1-3-5-19)26(40)34-13-12-33-22-6-8-23(9-7-22)41-28(30,31)32/h6-9,17-20,24,33H,1-5,10-16H2,(H,34,40)(H,37,39)/t24-/m0/s1. The number of aromatic nitrogens is 2. The highest BCUT2D eigenvalue weighted by Gasteiger charge is 2.32. The van der Waals surface area contributed by atoms with E-state index >= 15 is 0 Å². The van der Waals surface area contributed by atoms with Gasteiger partial charge in [0.1, 0.15) is 11.8 Å². The summed E-state index contributed by atoms with van der Waals surface area (Å²) >= 11 is 3.34. The van der Waals surface area contributed by atoms with Gasteiger partial charge in [-0.2, -0.15) is 0 Å². The van der Waals surface area contributed by atoms with E-state index in [1.165, 1.54) is 30.7 Å². The van der Waals surface area contributed by atoms with Crippen LogP contribution in [-0.2, 0) is 9.59 Å². The molecule has 13 heteroatoms. The van der Waals surface area contributed by atoms with E-state index in [9.17, 15) is 22.8 Å². The van der Waals surface area contributed by atoms with Gasteiger partial charge in [0, 0.05) is 50.2 Å². The molecule has 4 rings (SSSR count). The van der Waals surface area contributed by atoms with E-state index in [1.807, 2.05) is 0 Å². The fraction of sp³-hybridized carbons (Fsp3) is 0.571. The van der Waals surface area contributed by atoms with Crippen molar-refractivity contribution in [3.8, 4) is 5.75 Å². The number of nitrogens with zero attached hydrogens (tertiary/aromatic N) is 3. The number of carbonyl (C=O) groups is 2. The zero-order chi connectivity index (χ0) is 29.2. The zero-order valence-electron chi connectivity index (χ0n) is 22.8. The minimum atomic E-state index is -4.74. The van der Waals surface area contributed by atoms with Gasteiger partial charge < -0.3 is 25.6 Å². The van der Waals surface area contributed by atoms with Crippen LogP contribution in [0.25, 0.3) is 0 Å². The third kappa shape index (κ3) is 10.0. The maximum absolute atomic E-state index is 13.2. The first kappa shape index (κ1) is 30.9. The summed E-state index contributed by atoms with van der Waals surface area (Å²) in [5, 5.41) is 9.02. The molecule has 224 valence electrons. The van der Waals surface area contributed by atoms with Crippen molar-refractivity contribution in [3.05, 3.63) is 41.1 Å². The summed E-state index contributed by atoms with van der Waals surface area (Å²) in [6.07, 6.45) is 6.17. The normalized spacial score (nSPS) is 17.5. The van der Waals surface area contributed by atoms with Crippen molar-refractivity contribution >= 4 is 39.4 Å². The topological polar surface area (TPSA) is 108 Å². The minimum Gasteiger partial charge on any atom is -0.406 e. The van der Waals surface area contributed by atoms with Gasteiger partial charge in [0.05, 0.1) is 4.47 Å². The molecule has 0 radical (unpaired) electrons. The van der Waals surface area contributed by atoms with E-state index in [0.29, 0.717) is 63.0 Å². The SMILES string of the molecule is O=C(N[C@@H](CC1CCCCC1)C(=O)NCCNc1ccc(OC(F)(F)F)cc1)C1CCN(c2ncc(Br)cn2)CC1. The number of alkyl halides is 3. The monoisotopic (exact) mass is 640 g/mol. The summed E-state index contributed by atoms with van der Waals surface area (Å²) < 4.78 is 41.7. The van der Waals surface area contributed by atoms with Gasteiger partial charge in [-0.25, -0.2) is 9.97 Å². The Morgan fingerprint density at radius 1 is 1.00 bits per heavy atom. The molecule has 0 unspecified atom stereocenters. The second-order valence-electron chi connectivity index (χ2n) is 10.6. The molecule has 1 saturated carbocycles. The van der Waals surface area contributed by atoms with Crippen LogP contribution < -0.4 is 25.6 Å². The van der Waals surface area contributed by atoms with Gasteiger partial charge in [-0.05, 0) is 65.4 Å². The van der Waals surface area contributed by atoms with Crippen LogP contribution in [0.15, 0.2) is 41.1 Å². The number of ether oxygens (including phenoxy) is 1. The summed E-state index contributed by atoms with van der Waals surface area (Å²) in [6, 6.07) is 4.78. The van der Waals surface area contributed by atoms with E-state index in [2.05, 4.69) is 51.5 Å². The Hall–Kier alpha value is -3.09. The number of benzene rings is 1. The van der Waals surface area contributed by atoms with Crippen molar-refractivity contribution in [1.82, 2.24) is 20.6 Å². The molecule has 2 amide bonds. The number of piperidine rings is 1. The van der Waals surface area contributed by atoms with Crippen LogP contribution in [-0.4, -0.2) is 60.4 Å². The fourth-order valence-electron chi connectivity index (χ4n) is 5.38. The summed E-state index contributed by atoms with van der Waals surface area (Å²) in [7, 11) is 0. The van der Waals surface area contributed by atoms with Crippen LogP contribution in [0, 0.1) is 11.8 Å². The van der Waals surface area contributed by atoms with Gasteiger partial charge in [-0.15, -0.1) is 13.2 Å². The van der Waals surface area contributed by atoms with Crippen LogP contribution in [0.3, 0.4) is 0 Å². The lowest BCUT2D eigenvalue weighted by Gasteiger charge is -2.32. The molecule has 9 nitrogen and oxygen atoms in total. The van der Waals surface area contributed by atoms with Gasteiger partial charge in [-0.3, -0.25) is 9.59 Å². The van der Waals surface area contributed by atoms with Crippen molar-refractivity contribution in [2.45, 2.75) is 63.8 Å². The smallest absolute Gasteiger partial charge is 0.406 e. The number of hydrogen-bond donors (Lipinski definition) is 3. The van der Waals surface area contributed by atoms with Crippen molar-refractivity contribution in [2.75, 3.05) is 36.4 Å². The number of halogens is 4. The van der Waals surface area contributed by atoms with Crippen LogP contribution in [0.1, 0.15) is 51.4 Å². The molecule has 0 bridgehead atoms. The molecule has 1 atom stereocenters. The predicted molar refractivity (Wildman–Crippen MR) is 152 cm³/mol. The maximum Gasteiger partial charge on any atom is 0.573 e. The highest BCUT2D eigenvalue weighted by atomic mass is 79.9. The second-order valence-corrected chi connectivity index (χ2v) is 11.5. The summed E-state index contributed by atoms with van der Waals surface area (Å²) in [4.78, 5) is 37.2. The quantitative estimate of drug-likeness (QED) is 0.295. The highest BCUT2D eigenvalue weighted by Crippen LogP contribution is 2.28. The first-order chi connectivity index (χ1) is 19.7. The number of amides is 2. The molecular weight excluding hydrogens is 605 g/mol. The summed E-state index contributed by atoms with van der Waals surface area (Å²) in [5.74, 6) is 0.226. The maximum atomic E-state index is 13.2. The number of hydrogen-bond acceptors (Lipinski definition) is 7. The van der Waals surface area contributed by atoms with E-state index in [-0.39, 0.29) is 23.5 Å².